The number of unbranched alkanes of at least 4 members (excludes halogenated alkanes) is 2. The number of nitrogens with one attached hydrogen (secondary N) is 1. The second-order valence-corrected chi connectivity index (χ2v) is 8.18. The van der Waals surface area contributed by atoms with E-state index in [1.807, 2.05) is 0 Å². The highest BCUT2D eigenvalue weighted by Crippen LogP contribution is 2.15. The highest BCUT2D eigenvalue weighted by Gasteiger charge is 2.11. The van der Waals surface area contributed by atoms with Gasteiger partial charge in [-0.3, -0.25) is 0 Å². The van der Waals surface area contributed by atoms with E-state index in [9.17, 15) is 4.79 Å². The van der Waals surface area contributed by atoms with Crippen LogP contribution in [0.4, 0.5) is 0 Å². The van der Waals surface area contributed by atoms with E-state index in [2.05, 4.69) is 43.3 Å². The minimum atomic E-state index is -0.980. The first-order valence-corrected chi connectivity index (χ1v) is 11.7. The lowest BCUT2D eigenvalue weighted by Gasteiger charge is -2.19. The molecule has 1 aromatic carbocycles. The van der Waals surface area contributed by atoms with Gasteiger partial charge in [0.15, 0.2) is 0 Å². The first-order valence-electron chi connectivity index (χ1n) is 11.7. The van der Waals surface area contributed by atoms with Gasteiger partial charge in [0.2, 0.25) is 0 Å². The molecule has 1 aromatic heterocycles. The van der Waals surface area contributed by atoms with Crippen LogP contribution in [0.5, 0.6) is 0 Å². The third kappa shape index (κ3) is 8.82. The molecule has 0 spiro atoms. The maximum atomic E-state index is 10.7. The Balaban J connectivity index is 0.000000308. The van der Waals surface area contributed by atoms with E-state index in [0.717, 1.165) is 17.4 Å². The van der Waals surface area contributed by atoms with Crippen molar-refractivity contribution in [2.75, 3.05) is 13.1 Å². The SMILES string of the molecule is CCCCC(CC)CNCC(CC)CCCC.Cn1nnc2c(C(=O)O)cccc21. The summed E-state index contributed by atoms with van der Waals surface area (Å²) in [5, 5.41) is 20.0. The van der Waals surface area contributed by atoms with E-state index in [1.54, 1.807) is 23.9 Å². The van der Waals surface area contributed by atoms with Gasteiger partial charge >= 0.3 is 5.97 Å². The van der Waals surface area contributed by atoms with Gasteiger partial charge in [-0.15, -0.1) is 5.10 Å². The average molecular weight is 419 g/mol. The smallest absolute Gasteiger partial charge is 0.338 e. The third-order valence-electron chi connectivity index (χ3n) is 5.83. The highest BCUT2D eigenvalue weighted by atomic mass is 16.4. The van der Waals surface area contributed by atoms with Crippen molar-refractivity contribution in [2.45, 2.75) is 79.1 Å². The summed E-state index contributed by atoms with van der Waals surface area (Å²) in [5.74, 6) is 0.823. The van der Waals surface area contributed by atoms with Gasteiger partial charge < -0.3 is 10.4 Å². The molecule has 0 aliphatic heterocycles. The fourth-order valence-electron chi connectivity index (χ4n) is 3.61. The molecule has 2 rings (SSSR count). The van der Waals surface area contributed by atoms with Crippen molar-refractivity contribution in [3.63, 3.8) is 0 Å². The Morgan fingerprint density at radius 1 is 1.03 bits per heavy atom. The van der Waals surface area contributed by atoms with Gasteiger partial charge in [0, 0.05) is 7.05 Å². The Hall–Kier alpha value is -1.95. The molecule has 170 valence electrons. The predicted molar refractivity (Wildman–Crippen MR) is 125 cm³/mol. The molecule has 0 aliphatic carbocycles. The van der Waals surface area contributed by atoms with Crippen molar-refractivity contribution in [1.29, 1.82) is 0 Å². The van der Waals surface area contributed by atoms with Crippen LogP contribution >= 0.6 is 0 Å². The van der Waals surface area contributed by atoms with Gasteiger partial charge in [0.25, 0.3) is 0 Å². The van der Waals surface area contributed by atoms with Crippen LogP contribution in [0.1, 0.15) is 89.4 Å². The number of carbonyl (C=O) groups is 1. The van der Waals surface area contributed by atoms with Crippen molar-refractivity contribution in [1.82, 2.24) is 20.3 Å². The topological polar surface area (TPSA) is 80.0 Å². The summed E-state index contributed by atoms with van der Waals surface area (Å²) in [6, 6.07) is 4.97. The number of fused-ring (bicyclic) bond motifs is 1. The maximum Gasteiger partial charge on any atom is 0.338 e. The monoisotopic (exact) mass is 418 g/mol. The molecule has 2 aromatic rings. The first-order chi connectivity index (χ1) is 14.5. The summed E-state index contributed by atoms with van der Waals surface area (Å²) >= 11 is 0. The molecule has 30 heavy (non-hydrogen) atoms. The Morgan fingerprint density at radius 2 is 1.60 bits per heavy atom. The van der Waals surface area contributed by atoms with Crippen LogP contribution in [-0.4, -0.2) is 39.2 Å². The second-order valence-electron chi connectivity index (χ2n) is 8.18. The average Bonchev–Trinajstić information content (AvgIpc) is 3.14. The first kappa shape index (κ1) is 26.1. The zero-order chi connectivity index (χ0) is 22.4. The lowest BCUT2D eigenvalue weighted by atomic mass is 9.97. The fourth-order valence-corrected chi connectivity index (χ4v) is 3.61. The van der Waals surface area contributed by atoms with Crippen LogP contribution in [0.15, 0.2) is 18.2 Å². The van der Waals surface area contributed by atoms with Crippen molar-refractivity contribution in [2.24, 2.45) is 18.9 Å². The van der Waals surface area contributed by atoms with E-state index in [1.165, 1.54) is 70.5 Å². The van der Waals surface area contributed by atoms with E-state index < -0.39 is 5.97 Å². The molecule has 0 saturated heterocycles. The molecule has 2 atom stereocenters. The van der Waals surface area contributed by atoms with Gasteiger partial charge in [0.05, 0.1) is 11.1 Å². The number of aryl methyl sites for hydroxylation is 1. The van der Waals surface area contributed by atoms with Gasteiger partial charge in [-0.05, 0) is 49.9 Å². The number of benzene rings is 1. The van der Waals surface area contributed by atoms with Crippen LogP contribution in [0.3, 0.4) is 0 Å². The predicted octanol–water partition coefficient (Wildman–Crippen LogP) is 5.68. The van der Waals surface area contributed by atoms with E-state index in [-0.39, 0.29) is 5.56 Å². The highest BCUT2D eigenvalue weighted by molar-refractivity contribution is 6.00. The molecule has 0 bridgehead atoms. The van der Waals surface area contributed by atoms with Crippen LogP contribution in [-0.2, 0) is 7.05 Å². The third-order valence-corrected chi connectivity index (χ3v) is 5.83. The number of aromatic nitrogens is 3. The molecule has 0 radical (unpaired) electrons. The summed E-state index contributed by atoms with van der Waals surface area (Å²) in [7, 11) is 1.72. The molecular formula is C24H42N4O2. The van der Waals surface area contributed by atoms with E-state index >= 15 is 0 Å². The van der Waals surface area contributed by atoms with E-state index in [0.29, 0.717) is 5.52 Å². The molecule has 0 saturated carbocycles. The Labute approximate surface area is 182 Å². The Bertz CT molecular complexity index is 713. The largest absolute Gasteiger partial charge is 0.478 e. The Morgan fingerprint density at radius 3 is 2.07 bits per heavy atom. The number of carboxylic acids is 1. The van der Waals surface area contributed by atoms with Crippen LogP contribution < -0.4 is 5.32 Å². The van der Waals surface area contributed by atoms with Gasteiger partial charge in [-0.1, -0.05) is 77.5 Å². The lowest BCUT2D eigenvalue weighted by molar-refractivity contribution is 0.0699. The van der Waals surface area contributed by atoms with Gasteiger partial charge in [-0.25, -0.2) is 9.48 Å². The molecule has 0 fully saturated rings. The normalized spacial score (nSPS) is 13.0. The molecular weight excluding hydrogens is 376 g/mol. The van der Waals surface area contributed by atoms with Crippen molar-refractivity contribution < 1.29 is 9.90 Å². The van der Waals surface area contributed by atoms with Crippen LogP contribution in [0.25, 0.3) is 11.0 Å². The number of carboxylic acid groups (broad SMARTS) is 1. The molecule has 6 heteroatoms. The van der Waals surface area contributed by atoms with E-state index in [4.69, 9.17) is 5.11 Å². The molecule has 2 unspecified atom stereocenters. The minimum absolute atomic E-state index is 0.186. The van der Waals surface area contributed by atoms with Gasteiger partial charge in [-0.2, -0.15) is 0 Å². The van der Waals surface area contributed by atoms with Crippen LogP contribution in [0, 0.1) is 11.8 Å². The number of hydrogen-bond acceptors (Lipinski definition) is 4. The van der Waals surface area contributed by atoms with Crippen molar-refractivity contribution >= 4 is 17.0 Å². The van der Waals surface area contributed by atoms with Crippen molar-refractivity contribution in [3.8, 4) is 0 Å². The minimum Gasteiger partial charge on any atom is -0.478 e. The second kappa shape index (κ2) is 14.9. The molecule has 6 nitrogen and oxygen atoms in total. The summed E-state index contributed by atoms with van der Waals surface area (Å²) in [5.41, 5.74) is 1.34. The number of rotatable bonds is 13. The summed E-state index contributed by atoms with van der Waals surface area (Å²) in [6.07, 6.45) is 10.9. The van der Waals surface area contributed by atoms with Crippen LogP contribution in [0.2, 0.25) is 0 Å². The zero-order valence-corrected chi connectivity index (χ0v) is 19.7. The molecule has 2 N–H and O–H groups in total. The standard InChI is InChI=1S/C16H35N.C8H7N3O2/c1-5-9-11-15(7-3)13-17-14-16(8-4)12-10-6-2;1-11-6-4-2-3-5(8(12)13)7(6)9-10-11/h15-17H,5-14H2,1-4H3;2-4H,1H3,(H,12,13). The molecule has 0 aliphatic rings. The number of nitrogens with zero attached hydrogens (tertiary/aromatic N) is 3. The zero-order valence-electron chi connectivity index (χ0n) is 19.7. The number of hydrogen-bond donors (Lipinski definition) is 2. The summed E-state index contributed by atoms with van der Waals surface area (Å²) in [4.78, 5) is 10.7. The summed E-state index contributed by atoms with van der Waals surface area (Å²) < 4.78 is 1.54. The van der Waals surface area contributed by atoms with Crippen molar-refractivity contribution in [3.05, 3.63) is 23.8 Å². The van der Waals surface area contributed by atoms with Gasteiger partial charge in [0.1, 0.15) is 5.52 Å². The fraction of sp³-hybridized carbons (Fsp3) is 0.708. The molecule has 1 heterocycles. The maximum absolute atomic E-state index is 10.7. The number of aromatic carboxylic acids is 1. The molecule has 0 amide bonds. The quantitative estimate of drug-likeness (QED) is 0.438. The lowest BCUT2D eigenvalue weighted by Crippen LogP contribution is -2.28. The Kier molecular flexibility index (Phi) is 13.0. The summed E-state index contributed by atoms with van der Waals surface area (Å²) in [6.45, 7) is 11.7.